The van der Waals surface area contributed by atoms with Crippen molar-refractivity contribution in [3.8, 4) is 0 Å². The molecule has 0 spiro atoms. The lowest BCUT2D eigenvalue weighted by Gasteiger charge is -2.29. The third-order valence-electron chi connectivity index (χ3n) is 3.98. The van der Waals surface area contributed by atoms with Gasteiger partial charge < -0.3 is 15.5 Å². The molecule has 1 aliphatic heterocycles. The van der Waals surface area contributed by atoms with E-state index in [4.69, 9.17) is 0 Å². The van der Waals surface area contributed by atoms with Crippen molar-refractivity contribution in [1.29, 1.82) is 0 Å². The highest BCUT2D eigenvalue weighted by Crippen LogP contribution is 2.31. The van der Waals surface area contributed by atoms with Crippen molar-refractivity contribution in [2.75, 3.05) is 23.3 Å². The lowest BCUT2D eigenvalue weighted by Crippen LogP contribution is -2.36. The number of hydrogen-bond acceptors (Lipinski definition) is 4. The molecule has 1 aliphatic rings. The number of thiophene rings is 1. The smallest absolute Gasteiger partial charge is 0.313 e. The van der Waals surface area contributed by atoms with E-state index in [0.717, 1.165) is 24.1 Å². The summed E-state index contributed by atoms with van der Waals surface area (Å²) in [5.41, 5.74) is 2.41. The van der Waals surface area contributed by atoms with Gasteiger partial charge in [0.1, 0.15) is 0 Å². The van der Waals surface area contributed by atoms with Crippen molar-refractivity contribution in [3.05, 3.63) is 46.2 Å². The zero-order valence-corrected chi connectivity index (χ0v) is 14.7. The Hall–Kier alpha value is -2.67. The third kappa shape index (κ3) is 3.71. The molecule has 1 aromatic carbocycles. The van der Waals surface area contributed by atoms with Gasteiger partial charge in [-0.05, 0) is 55.0 Å². The first-order valence-electron chi connectivity index (χ1n) is 8.17. The Labute approximate surface area is 149 Å². The third-order valence-corrected chi connectivity index (χ3v) is 4.83. The van der Waals surface area contributed by atoms with Crippen molar-refractivity contribution in [2.45, 2.75) is 19.8 Å². The number of fused-ring (bicyclic) bond motifs is 1. The molecule has 6 nitrogen and oxygen atoms in total. The van der Waals surface area contributed by atoms with Crippen molar-refractivity contribution in [3.63, 3.8) is 0 Å². The Balaban J connectivity index is 1.79. The second-order valence-electron chi connectivity index (χ2n) is 5.69. The molecule has 3 amide bonds. The van der Waals surface area contributed by atoms with Gasteiger partial charge in [0.2, 0.25) is 0 Å². The molecule has 1 aromatic heterocycles. The highest BCUT2D eigenvalue weighted by Gasteiger charge is 2.24. The van der Waals surface area contributed by atoms with Crippen LogP contribution in [-0.2, 0) is 16.0 Å². The number of benzene rings is 1. The quantitative estimate of drug-likeness (QED) is 0.828. The summed E-state index contributed by atoms with van der Waals surface area (Å²) in [7, 11) is 0. The number of carbonyl (C=O) groups excluding carboxylic acids is 3. The van der Waals surface area contributed by atoms with Gasteiger partial charge in [0.15, 0.2) is 0 Å². The molecule has 0 bridgehead atoms. The van der Waals surface area contributed by atoms with Crippen LogP contribution < -0.4 is 15.5 Å². The van der Waals surface area contributed by atoms with Crippen LogP contribution in [-0.4, -0.2) is 30.8 Å². The van der Waals surface area contributed by atoms with Crippen molar-refractivity contribution < 1.29 is 14.4 Å². The highest BCUT2D eigenvalue weighted by atomic mass is 32.1. The van der Waals surface area contributed by atoms with Gasteiger partial charge in [-0.2, -0.15) is 0 Å². The first-order valence-corrected chi connectivity index (χ1v) is 9.05. The van der Waals surface area contributed by atoms with E-state index in [1.54, 1.807) is 17.9 Å². The zero-order valence-electron chi connectivity index (χ0n) is 13.9. The Morgan fingerprint density at radius 2 is 2.04 bits per heavy atom. The predicted octanol–water partition coefficient (Wildman–Crippen LogP) is 2.42. The number of aryl methyl sites for hydroxylation is 1. The average molecular weight is 357 g/mol. The SMILES string of the molecule is CCNC(=O)C(=O)Nc1ccc2c(c1)CCCN2C(=O)c1cccs1. The number of rotatable bonds is 3. The Morgan fingerprint density at radius 3 is 2.76 bits per heavy atom. The first kappa shape index (κ1) is 17.2. The van der Waals surface area contributed by atoms with Crippen LogP contribution in [0, 0.1) is 0 Å². The summed E-state index contributed by atoms with van der Waals surface area (Å²) in [6, 6.07) is 9.06. The summed E-state index contributed by atoms with van der Waals surface area (Å²) in [6.07, 6.45) is 1.69. The van der Waals surface area contributed by atoms with Crippen LogP contribution in [0.3, 0.4) is 0 Å². The summed E-state index contributed by atoms with van der Waals surface area (Å²) in [6.45, 7) is 2.83. The van der Waals surface area contributed by atoms with E-state index in [0.29, 0.717) is 23.7 Å². The molecule has 0 fully saturated rings. The van der Waals surface area contributed by atoms with Gasteiger partial charge in [0.25, 0.3) is 5.91 Å². The molecule has 0 atom stereocenters. The summed E-state index contributed by atoms with van der Waals surface area (Å²) < 4.78 is 0. The number of nitrogens with one attached hydrogen (secondary N) is 2. The minimum atomic E-state index is -0.691. The number of likely N-dealkylation sites (N-methyl/N-ethyl adjacent to an activating group) is 1. The maximum Gasteiger partial charge on any atom is 0.313 e. The molecule has 0 unspecified atom stereocenters. The van der Waals surface area contributed by atoms with E-state index in [1.165, 1.54) is 11.3 Å². The normalized spacial score (nSPS) is 13.1. The first-order chi connectivity index (χ1) is 12.1. The fourth-order valence-electron chi connectivity index (χ4n) is 2.85. The average Bonchev–Trinajstić information content (AvgIpc) is 3.15. The van der Waals surface area contributed by atoms with Crippen LogP contribution in [0.5, 0.6) is 0 Å². The molecule has 0 aliphatic carbocycles. The van der Waals surface area contributed by atoms with Gasteiger partial charge in [0, 0.05) is 24.5 Å². The number of hydrogen-bond donors (Lipinski definition) is 2. The molecule has 7 heteroatoms. The van der Waals surface area contributed by atoms with Crippen molar-refractivity contribution >= 4 is 40.4 Å². The molecule has 3 rings (SSSR count). The zero-order chi connectivity index (χ0) is 17.8. The van der Waals surface area contributed by atoms with Crippen LogP contribution in [0.1, 0.15) is 28.6 Å². The van der Waals surface area contributed by atoms with Gasteiger partial charge in [-0.1, -0.05) is 6.07 Å². The lowest BCUT2D eigenvalue weighted by atomic mass is 10.0. The Morgan fingerprint density at radius 1 is 1.20 bits per heavy atom. The van der Waals surface area contributed by atoms with Crippen LogP contribution in [0.25, 0.3) is 0 Å². The molecule has 130 valence electrons. The molecule has 0 saturated heterocycles. The Kier molecular flexibility index (Phi) is 5.14. The van der Waals surface area contributed by atoms with Gasteiger partial charge in [-0.25, -0.2) is 0 Å². The summed E-state index contributed by atoms with van der Waals surface area (Å²) in [4.78, 5) is 38.5. The number of nitrogens with zero attached hydrogens (tertiary/aromatic N) is 1. The van der Waals surface area contributed by atoms with Crippen molar-refractivity contribution in [1.82, 2.24) is 5.32 Å². The standard InChI is InChI=1S/C18H19N3O3S/c1-2-19-16(22)17(23)20-13-7-8-14-12(11-13)5-3-9-21(14)18(24)15-6-4-10-25-15/h4,6-8,10-11H,2-3,5,9H2,1H3,(H,19,22)(H,20,23). The second-order valence-corrected chi connectivity index (χ2v) is 6.64. The van der Waals surface area contributed by atoms with E-state index in [-0.39, 0.29) is 5.91 Å². The summed E-state index contributed by atoms with van der Waals surface area (Å²) in [5, 5.41) is 6.95. The molecule has 2 N–H and O–H groups in total. The minimum Gasteiger partial charge on any atom is -0.348 e. The van der Waals surface area contributed by atoms with Crippen molar-refractivity contribution in [2.24, 2.45) is 0 Å². The van der Waals surface area contributed by atoms with E-state index >= 15 is 0 Å². The maximum atomic E-state index is 12.7. The van der Waals surface area contributed by atoms with Gasteiger partial charge in [-0.15, -0.1) is 11.3 Å². The fourth-order valence-corrected chi connectivity index (χ4v) is 3.52. The molecule has 0 saturated carbocycles. The van der Waals surface area contributed by atoms with Crippen LogP contribution in [0.2, 0.25) is 0 Å². The second kappa shape index (κ2) is 7.48. The van der Waals surface area contributed by atoms with Crippen LogP contribution in [0.15, 0.2) is 35.7 Å². The number of carbonyl (C=O) groups is 3. The number of amides is 3. The van der Waals surface area contributed by atoms with E-state index < -0.39 is 11.8 Å². The topological polar surface area (TPSA) is 78.5 Å². The molecular formula is C18H19N3O3S. The molecule has 25 heavy (non-hydrogen) atoms. The lowest BCUT2D eigenvalue weighted by molar-refractivity contribution is -0.136. The summed E-state index contributed by atoms with van der Waals surface area (Å²) >= 11 is 1.43. The number of anilines is 2. The van der Waals surface area contributed by atoms with Crippen LogP contribution >= 0.6 is 11.3 Å². The van der Waals surface area contributed by atoms with Gasteiger partial charge in [-0.3, -0.25) is 14.4 Å². The fraction of sp³-hybridized carbons (Fsp3) is 0.278. The predicted molar refractivity (Wildman–Crippen MR) is 98.1 cm³/mol. The van der Waals surface area contributed by atoms with Crippen LogP contribution in [0.4, 0.5) is 11.4 Å². The van der Waals surface area contributed by atoms with Gasteiger partial charge in [0.05, 0.1) is 4.88 Å². The molecule has 2 aromatic rings. The maximum absolute atomic E-state index is 12.7. The highest BCUT2D eigenvalue weighted by molar-refractivity contribution is 7.12. The largest absolute Gasteiger partial charge is 0.348 e. The van der Waals surface area contributed by atoms with E-state index in [9.17, 15) is 14.4 Å². The van der Waals surface area contributed by atoms with Gasteiger partial charge >= 0.3 is 11.8 Å². The van der Waals surface area contributed by atoms with E-state index in [1.807, 2.05) is 29.6 Å². The molecule has 0 radical (unpaired) electrons. The van der Waals surface area contributed by atoms with E-state index in [2.05, 4.69) is 10.6 Å². The molecular weight excluding hydrogens is 338 g/mol. The summed E-state index contributed by atoms with van der Waals surface area (Å²) in [5.74, 6) is -1.35. The monoisotopic (exact) mass is 357 g/mol. The molecule has 2 heterocycles. The Bertz CT molecular complexity index is 802. The minimum absolute atomic E-state index is 0.00457.